The first-order chi connectivity index (χ1) is 8.68. The highest BCUT2D eigenvalue weighted by atomic mass is 79.9. The van der Waals surface area contributed by atoms with E-state index in [-0.39, 0.29) is 0 Å². The van der Waals surface area contributed by atoms with Crippen molar-refractivity contribution in [2.75, 3.05) is 43.1 Å². The summed E-state index contributed by atoms with van der Waals surface area (Å²) in [6.07, 6.45) is 0. The Morgan fingerprint density at radius 1 is 1.39 bits per heavy atom. The number of ether oxygens (including phenoxy) is 1. The number of rotatable bonds is 1. The maximum absolute atomic E-state index is 5.90. The Bertz CT molecular complexity index is 517. The van der Waals surface area contributed by atoms with Crippen LogP contribution >= 0.6 is 15.9 Å². The summed E-state index contributed by atoms with van der Waals surface area (Å²) in [4.78, 5) is 8.43. The zero-order valence-electron chi connectivity index (χ0n) is 10.2. The fourth-order valence-electron chi connectivity index (χ4n) is 2.33. The molecule has 2 aliphatic heterocycles. The number of anilines is 2. The van der Waals surface area contributed by atoms with Gasteiger partial charge in [-0.2, -0.15) is 0 Å². The lowest BCUT2D eigenvalue weighted by Gasteiger charge is -2.31. The van der Waals surface area contributed by atoms with Gasteiger partial charge < -0.3 is 20.3 Å². The van der Waals surface area contributed by atoms with Crippen LogP contribution < -0.4 is 20.3 Å². The summed E-state index contributed by atoms with van der Waals surface area (Å²) in [7, 11) is 2.07. The predicted molar refractivity (Wildman–Crippen MR) is 76.7 cm³/mol. The normalized spacial score (nSPS) is 18.4. The van der Waals surface area contributed by atoms with Crippen LogP contribution in [-0.2, 0) is 0 Å². The van der Waals surface area contributed by atoms with Gasteiger partial charge in [0.25, 0.3) is 0 Å². The van der Waals surface area contributed by atoms with Gasteiger partial charge in [0.2, 0.25) is 0 Å². The van der Waals surface area contributed by atoms with E-state index in [2.05, 4.69) is 32.9 Å². The average molecular weight is 311 g/mol. The smallest absolute Gasteiger partial charge is 0.195 e. The number of fused-ring (bicyclic) bond motifs is 1. The van der Waals surface area contributed by atoms with Crippen LogP contribution in [0.1, 0.15) is 0 Å². The first-order valence-electron chi connectivity index (χ1n) is 5.92. The summed E-state index contributed by atoms with van der Waals surface area (Å²) < 4.78 is 6.68. The lowest BCUT2D eigenvalue weighted by Crippen LogP contribution is -2.35. The number of nitrogens with zero attached hydrogens (tertiary/aromatic N) is 3. The second-order valence-electron chi connectivity index (χ2n) is 4.41. The van der Waals surface area contributed by atoms with Gasteiger partial charge in [0.15, 0.2) is 5.96 Å². The molecule has 2 heterocycles. The molecule has 0 amide bonds. The van der Waals surface area contributed by atoms with Crippen LogP contribution in [-0.4, -0.2) is 39.2 Å². The molecule has 2 N–H and O–H groups in total. The Labute approximate surface area is 114 Å². The molecule has 0 saturated heterocycles. The minimum absolute atomic E-state index is 0.579. The van der Waals surface area contributed by atoms with Crippen LogP contribution in [0.4, 0.5) is 11.4 Å². The number of halogens is 1. The highest BCUT2D eigenvalue weighted by Gasteiger charge is 2.25. The zero-order valence-corrected chi connectivity index (χ0v) is 11.8. The van der Waals surface area contributed by atoms with E-state index in [1.807, 2.05) is 17.0 Å². The lowest BCUT2D eigenvalue weighted by molar-refractivity contribution is 0.311. The van der Waals surface area contributed by atoms with Crippen molar-refractivity contribution < 1.29 is 4.74 Å². The standard InChI is InChI=1S/C12H15BrN4O/c1-16-6-7-18-9-3-2-8(10(13)11(9)16)17-5-4-15-12(17)14/h2-3H,4-7H2,1H3,(H2,14,15). The summed E-state index contributed by atoms with van der Waals surface area (Å²) >= 11 is 3.67. The first kappa shape index (κ1) is 11.6. The largest absolute Gasteiger partial charge is 0.490 e. The van der Waals surface area contributed by atoms with Crippen molar-refractivity contribution in [1.82, 2.24) is 0 Å². The minimum Gasteiger partial charge on any atom is -0.490 e. The molecular weight excluding hydrogens is 296 g/mol. The van der Waals surface area contributed by atoms with E-state index in [4.69, 9.17) is 10.5 Å². The molecular formula is C12H15BrN4O. The van der Waals surface area contributed by atoms with E-state index in [1.165, 1.54) is 0 Å². The highest BCUT2D eigenvalue weighted by Crippen LogP contribution is 2.43. The van der Waals surface area contributed by atoms with Gasteiger partial charge in [-0.3, -0.25) is 4.99 Å². The Hall–Kier alpha value is -1.43. The Morgan fingerprint density at radius 2 is 2.22 bits per heavy atom. The molecule has 1 aromatic rings. The van der Waals surface area contributed by atoms with Crippen molar-refractivity contribution in [3.8, 4) is 5.75 Å². The van der Waals surface area contributed by atoms with Crippen LogP contribution in [0.3, 0.4) is 0 Å². The zero-order chi connectivity index (χ0) is 12.7. The Balaban J connectivity index is 2.07. The minimum atomic E-state index is 0.579. The number of nitrogens with two attached hydrogens (primary N) is 1. The van der Waals surface area contributed by atoms with Gasteiger partial charge in [0.1, 0.15) is 12.4 Å². The van der Waals surface area contributed by atoms with Crippen molar-refractivity contribution in [3.63, 3.8) is 0 Å². The number of aliphatic imine (C=N–C) groups is 1. The fraction of sp³-hybridized carbons (Fsp3) is 0.417. The highest BCUT2D eigenvalue weighted by molar-refractivity contribution is 9.10. The molecule has 18 heavy (non-hydrogen) atoms. The first-order valence-corrected chi connectivity index (χ1v) is 6.71. The average Bonchev–Trinajstić information content (AvgIpc) is 2.76. The molecule has 0 atom stereocenters. The molecule has 6 heteroatoms. The predicted octanol–water partition coefficient (Wildman–Crippen LogP) is 1.41. The SMILES string of the molecule is CN1CCOc2ccc(N3CCN=C3N)c(Br)c21. The van der Waals surface area contributed by atoms with E-state index >= 15 is 0 Å². The van der Waals surface area contributed by atoms with E-state index in [0.29, 0.717) is 5.96 Å². The quantitative estimate of drug-likeness (QED) is 0.852. The fourth-order valence-corrected chi connectivity index (χ4v) is 3.17. The van der Waals surface area contributed by atoms with Crippen molar-refractivity contribution in [2.24, 2.45) is 10.7 Å². The molecule has 96 valence electrons. The summed E-state index contributed by atoms with van der Waals surface area (Å²) in [5, 5.41) is 0. The lowest BCUT2D eigenvalue weighted by atomic mass is 10.2. The van der Waals surface area contributed by atoms with E-state index in [9.17, 15) is 0 Å². The third-order valence-electron chi connectivity index (χ3n) is 3.29. The molecule has 0 aliphatic carbocycles. The number of hydrogen-bond acceptors (Lipinski definition) is 5. The van der Waals surface area contributed by atoms with E-state index in [0.717, 1.165) is 47.8 Å². The molecule has 5 nitrogen and oxygen atoms in total. The number of benzene rings is 1. The van der Waals surface area contributed by atoms with Gasteiger partial charge in [0.05, 0.1) is 28.9 Å². The topological polar surface area (TPSA) is 54.1 Å². The Kier molecular flexibility index (Phi) is 2.81. The molecule has 0 bridgehead atoms. The monoisotopic (exact) mass is 310 g/mol. The van der Waals surface area contributed by atoms with Gasteiger partial charge >= 0.3 is 0 Å². The van der Waals surface area contributed by atoms with Gasteiger partial charge in [-0.25, -0.2) is 0 Å². The number of guanidine groups is 1. The van der Waals surface area contributed by atoms with Gasteiger partial charge in [-0.1, -0.05) is 0 Å². The third kappa shape index (κ3) is 1.71. The van der Waals surface area contributed by atoms with Crippen LogP contribution in [0.2, 0.25) is 0 Å². The maximum atomic E-state index is 5.90. The molecule has 0 fully saturated rings. The molecule has 1 aromatic carbocycles. The summed E-state index contributed by atoms with van der Waals surface area (Å²) in [6, 6.07) is 4.02. The molecule has 3 rings (SSSR count). The molecule has 0 aromatic heterocycles. The molecule has 2 aliphatic rings. The van der Waals surface area contributed by atoms with Crippen molar-refractivity contribution >= 4 is 33.3 Å². The van der Waals surface area contributed by atoms with Crippen molar-refractivity contribution in [3.05, 3.63) is 16.6 Å². The van der Waals surface area contributed by atoms with Crippen LogP contribution in [0.25, 0.3) is 0 Å². The number of hydrogen-bond donors (Lipinski definition) is 1. The summed E-state index contributed by atoms with van der Waals surface area (Å²) in [5.74, 6) is 1.49. The second-order valence-corrected chi connectivity index (χ2v) is 5.20. The third-order valence-corrected chi connectivity index (χ3v) is 4.07. The molecule has 0 spiro atoms. The maximum Gasteiger partial charge on any atom is 0.195 e. The van der Waals surface area contributed by atoms with Gasteiger partial charge in [0, 0.05) is 13.6 Å². The van der Waals surface area contributed by atoms with E-state index < -0.39 is 0 Å². The van der Waals surface area contributed by atoms with E-state index in [1.54, 1.807) is 0 Å². The summed E-state index contributed by atoms with van der Waals surface area (Å²) in [5.41, 5.74) is 8.03. The van der Waals surface area contributed by atoms with Crippen LogP contribution in [0.15, 0.2) is 21.6 Å². The molecule has 0 radical (unpaired) electrons. The summed E-state index contributed by atoms with van der Waals surface area (Å²) in [6.45, 7) is 3.19. The van der Waals surface area contributed by atoms with Gasteiger partial charge in [-0.05, 0) is 28.1 Å². The molecule has 0 saturated carbocycles. The second kappa shape index (κ2) is 4.35. The van der Waals surface area contributed by atoms with Crippen LogP contribution in [0, 0.1) is 0 Å². The van der Waals surface area contributed by atoms with Gasteiger partial charge in [-0.15, -0.1) is 0 Å². The Morgan fingerprint density at radius 3 is 2.94 bits per heavy atom. The van der Waals surface area contributed by atoms with Crippen LogP contribution in [0.5, 0.6) is 5.75 Å². The molecule has 0 unspecified atom stereocenters. The van der Waals surface area contributed by atoms with Crippen molar-refractivity contribution in [2.45, 2.75) is 0 Å². The number of likely N-dealkylation sites (N-methyl/N-ethyl adjacent to an activating group) is 1. The van der Waals surface area contributed by atoms with Crippen molar-refractivity contribution in [1.29, 1.82) is 0 Å².